The Morgan fingerprint density at radius 3 is 2.09 bits per heavy atom. The Morgan fingerprint density at radius 2 is 1.57 bits per heavy atom. The molecule has 0 amide bonds. The Kier molecular flexibility index (Phi) is 7.35. The van der Waals surface area contributed by atoms with Crippen LogP contribution in [-0.2, 0) is 10.8 Å². The van der Waals surface area contributed by atoms with Gasteiger partial charge in [0.2, 0.25) is 0 Å². The van der Waals surface area contributed by atoms with Crippen molar-refractivity contribution in [1.29, 1.82) is 0 Å². The van der Waals surface area contributed by atoms with Crippen molar-refractivity contribution < 1.29 is 0 Å². The van der Waals surface area contributed by atoms with Gasteiger partial charge in [-0.15, -0.1) is 0 Å². The Bertz CT molecular complexity index is 468. The highest BCUT2D eigenvalue weighted by Gasteiger charge is 2.32. The third kappa shape index (κ3) is 5.09. The highest BCUT2D eigenvalue weighted by molar-refractivity contribution is 5.28. The first-order valence-corrected chi connectivity index (χ1v) is 9.80. The predicted molar refractivity (Wildman–Crippen MR) is 102 cm³/mol. The first-order chi connectivity index (χ1) is 10.7. The predicted octanol–water partition coefficient (Wildman–Crippen LogP) is 6.86. The second kappa shape index (κ2) is 8.35. The van der Waals surface area contributed by atoms with E-state index in [-0.39, 0.29) is 10.8 Å². The SMILES string of the molecule is CCCCC(C)(C)c1nc(C(C)(C)CCC)c(C(C)CCC)[nH]1. The molecule has 0 spiro atoms. The van der Waals surface area contributed by atoms with Crippen molar-refractivity contribution in [3.8, 4) is 0 Å². The van der Waals surface area contributed by atoms with Crippen LogP contribution < -0.4 is 0 Å². The number of hydrogen-bond acceptors (Lipinski definition) is 1. The fraction of sp³-hybridized carbons (Fsp3) is 0.857. The normalized spacial score (nSPS) is 14.3. The summed E-state index contributed by atoms with van der Waals surface area (Å²) in [6, 6.07) is 0. The molecule has 1 atom stereocenters. The van der Waals surface area contributed by atoms with Crippen LogP contribution in [0.25, 0.3) is 0 Å². The van der Waals surface area contributed by atoms with Crippen molar-refractivity contribution in [2.24, 2.45) is 0 Å². The second-order valence-electron chi connectivity index (χ2n) is 8.66. The molecule has 23 heavy (non-hydrogen) atoms. The fourth-order valence-electron chi connectivity index (χ4n) is 3.64. The molecule has 1 heterocycles. The molecule has 0 bridgehead atoms. The van der Waals surface area contributed by atoms with Gasteiger partial charge in [0, 0.05) is 16.5 Å². The van der Waals surface area contributed by atoms with Gasteiger partial charge in [-0.3, -0.25) is 0 Å². The molecule has 134 valence electrons. The number of rotatable bonds is 10. The average Bonchev–Trinajstić information content (AvgIpc) is 2.92. The summed E-state index contributed by atoms with van der Waals surface area (Å²) in [5.74, 6) is 1.76. The van der Waals surface area contributed by atoms with E-state index in [0.29, 0.717) is 5.92 Å². The van der Waals surface area contributed by atoms with Crippen LogP contribution in [0.15, 0.2) is 0 Å². The lowest BCUT2D eigenvalue weighted by atomic mass is 9.81. The molecule has 0 aromatic carbocycles. The summed E-state index contributed by atoms with van der Waals surface area (Å²) < 4.78 is 0. The molecule has 0 saturated carbocycles. The van der Waals surface area contributed by atoms with E-state index >= 15 is 0 Å². The number of aromatic amines is 1. The van der Waals surface area contributed by atoms with Crippen LogP contribution in [0, 0.1) is 0 Å². The Morgan fingerprint density at radius 1 is 0.913 bits per heavy atom. The van der Waals surface area contributed by atoms with Crippen LogP contribution in [0.4, 0.5) is 0 Å². The standard InChI is InChI=1S/C21H40N2/c1-9-12-15-21(7,8)19-22-17(16(4)13-10-2)18(23-19)20(5,6)14-11-3/h16H,9-15H2,1-8H3,(H,22,23). The Hall–Kier alpha value is -0.790. The zero-order chi connectivity index (χ0) is 17.7. The summed E-state index contributed by atoms with van der Waals surface area (Å²) in [7, 11) is 0. The molecule has 1 rings (SSSR count). The lowest BCUT2D eigenvalue weighted by Gasteiger charge is -2.25. The second-order valence-corrected chi connectivity index (χ2v) is 8.66. The minimum atomic E-state index is 0.136. The van der Waals surface area contributed by atoms with Gasteiger partial charge in [-0.1, -0.05) is 81.1 Å². The summed E-state index contributed by atoms with van der Waals surface area (Å²) >= 11 is 0. The number of H-pyrrole nitrogens is 1. The van der Waals surface area contributed by atoms with E-state index in [2.05, 4.69) is 60.4 Å². The maximum atomic E-state index is 5.17. The van der Waals surface area contributed by atoms with E-state index in [4.69, 9.17) is 4.98 Å². The molecule has 2 nitrogen and oxygen atoms in total. The van der Waals surface area contributed by atoms with E-state index in [9.17, 15) is 0 Å². The Balaban J connectivity index is 3.26. The van der Waals surface area contributed by atoms with E-state index in [0.717, 1.165) is 0 Å². The van der Waals surface area contributed by atoms with Crippen LogP contribution in [0.5, 0.6) is 0 Å². The topological polar surface area (TPSA) is 28.7 Å². The van der Waals surface area contributed by atoms with Gasteiger partial charge in [0.1, 0.15) is 5.82 Å². The number of unbranched alkanes of at least 4 members (excludes halogenated alkanes) is 1. The third-order valence-electron chi connectivity index (χ3n) is 5.26. The first kappa shape index (κ1) is 20.3. The summed E-state index contributed by atoms with van der Waals surface area (Å²) in [6.07, 6.45) is 8.56. The largest absolute Gasteiger partial charge is 0.345 e. The summed E-state index contributed by atoms with van der Waals surface area (Å²) in [4.78, 5) is 8.94. The van der Waals surface area contributed by atoms with Gasteiger partial charge in [0.25, 0.3) is 0 Å². The van der Waals surface area contributed by atoms with Crippen LogP contribution in [0.3, 0.4) is 0 Å². The van der Waals surface area contributed by atoms with Crippen LogP contribution >= 0.6 is 0 Å². The van der Waals surface area contributed by atoms with Gasteiger partial charge in [0.15, 0.2) is 0 Å². The first-order valence-electron chi connectivity index (χ1n) is 9.80. The minimum Gasteiger partial charge on any atom is -0.345 e. The van der Waals surface area contributed by atoms with Crippen LogP contribution in [-0.4, -0.2) is 9.97 Å². The number of nitrogens with one attached hydrogen (secondary N) is 1. The number of imidazole rings is 1. The third-order valence-corrected chi connectivity index (χ3v) is 5.26. The van der Waals surface area contributed by atoms with E-state index in [1.165, 1.54) is 62.2 Å². The zero-order valence-corrected chi connectivity index (χ0v) is 17.0. The van der Waals surface area contributed by atoms with Gasteiger partial charge < -0.3 is 4.98 Å². The molecular formula is C21H40N2. The molecular weight excluding hydrogens is 280 g/mol. The lowest BCUT2D eigenvalue weighted by Crippen LogP contribution is -2.21. The fourth-order valence-corrected chi connectivity index (χ4v) is 3.64. The quantitative estimate of drug-likeness (QED) is 0.501. The highest BCUT2D eigenvalue weighted by atomic mass is 15.0. The van der Waals surface area contributed by atoms with E-state index in [1.807, 2.05) is 0 Å². The zero-order valence-electron chi connectivity index (χ0n) is 17.0. The van der Waals surface area contributed by atoms with Crippen LogP contribution in [0.2, 0.25) is 0 Å². The van der Waals surface area contributed by atoms with Crippen molar-refractivity contribution in [1.82, 2.24) is 9.97 Å². The summed E-state index contributed by atoms with van der Waals surface area (Å²) in [6.45, 7) is 18.6. The highest BCUT2D eigenvalue weighted by Crippen LogP contribution is 2.37. The van der Waals surface area contributed by atoms with Crippen molar-refractivity contribution in [2.75, 3.05) is 0 Å². The molecule has 1 aromatic rings. The average molecular weight is 321 g/mol. The monoisotopic (exact) mass is 320 g/mol. The molecule has 2 heteroatoms. The van der Waals surface area contributed by atoms with Crippen molar-refractivity contribution in [2.45, 2.75) is 117 Å². The van der Waals surface area contributed by atoms with E-state index < -0.39 is 0 Å². The summed E-state index contributed by atoms with van der Waals surface area (Å²) in [5, 5.41) is 0. The van der Waals surface area contributed by atoms with Gasteiger partial charge in [-0.2, -0.15) is 0 Å². The lowest BCUT2D eigenvalue weighted by molar-refractivity contribution is 0.426. The van der Waals surface area contributed by atoms with E-state index in [1.54, 1.807) is 0 Å². The van der Waals surface area contributed by atoms with Gasteiger partial charge in [0.05, 0.1) is 5.69 Å². The van der Waals surface area contributed by atoms with Gasteiger partial charge in [-0.25, -0.2) is 4.98 Å². The van der Waals surface area contributed by atoms with Crippen molar-refractivity contribution in [3.05, 3.63) is 17.2 Å². The molecule has 0 aliphatic rings. The van der Waals surface area contributed by atoms with Crippen molar-refractivity contribution >= 4 is 0 Å². The smallest absolute Gasteiger partial charge is 0.112 e. The number of aromatic nitrogens is 2. The number of nitrogens with zero attached hydrogens (tertiary/aromatic N) is 1. The number of hydrogen-bond donors (Lipinski definition) is 1. The summed E-state index contributed by atoms with van der Waals surface area (Å²) in [5.41, 5.74) is 3.00. The van der Waals surface area contributed by atoms with Gasteiger partial charge >= 0.3 is 0 Å². The molecule has 0 aliphatic carbocycles. The molecule has 0 fully saturated rings. The maximum absolute atomic E-state index is 5.17. The molecule has 0 aliphatic heterocycles. The molecule has 0 radical (unpaired) electrons. The van der Waals surface area contributed by atoms with Crippen LogP contribution in [0.1, 0.15) is 123 Å². The molecule has 1 unspecified atom stereocenters. The molecule has 0 saturated heterocycles. The van der Waals surface area contributed by atoms with Gasteiger partial charge in [-0.05, 0) is 25.2 Å². The molecule has 1 aromatic heterocycles. The molecule has 1 N–H and O–H groups in total. The minimum absolute atomic E-state index is 0.136. The maximum Gasteiger partial charge on any atom is 0.112 e. The van der Waals surface area contributed by atoms with Crippen molar-refractivity contribution in [3.63, 3.8) is 0 Å². The Labute approximate surface area is 144 Å².